The van der Waals surface area contributed by atoms with Crippen LogP contribution in [-0.2, 0) is 6.54 Å². The molecule has 0 aliphatic carbocycles. The molecule has 0 amide bonds. The normalized spacial score (nSPS) is 12.6. The molecule has 1 aliphatic heterocycles. The van der Waals surface area contributed by atoms with E-state index in [1.807, 2.05) is 12.1 Å². The van der Waals surface area contributed by atoms with E-state index in [2.05, 4.69) is 21.2 Å². The molecular weight excluding hydrogens is 332 g/mol. The number of hydrogen-bond donors (Lipinski definition) is 1. The first-order valence-corrected chi connectivity index (χ1v) is 6.70. The van der Waals surface area contributed by atoms with Crippen LogP contribution in [0.5, 0.6) is 11.5 Å². The van der Waals surface area contributed by atoms with Crippen molar-refractivity contribution in [3.05, 3.63) is 52.0 Å². The number of hydrogen-bond acceptors (Lipinski definition) is 3. The molecule has 0 fully saturated rings. The van der Waals surface area contributed by atoms with Gasteiger partial charge >= 0.3 is 0 Å². The minimum absolute atomic E-state index is 0.202. The van der Waals surface area contributed by atoms with Gasteiger partial charge in [0.2, 0.25) is 6.79 Å². The second-order valence-corrected chi connectivity index (χ2v) is 5.15. The Hall–Kier alpha value is -1.82. The van der Waals surface area contributed by atoms with E-state index in [0.717, 1.165) is 22.2 Å². The van der Waals surface area contributed by atoms with E-state index < -0.39 is 11.6 Å². The molecule has 0 radical (unpaired) electrons. The van der Waals surface area contributed by atoms with E-state index in [9.17, 15) is 8.78 Å². The van der Waals surface area contributed by atoms with Crippen LogP contribution in [0.25, 0.3) is 0 Å². The van der Waals surface area contributed by atoms with Crippen LogP contribution >= 0.6 is 15.9 Å². The summed E-state index contributed by atoms with van der Waals surface area (Å²) in [5.41, 5.74) is 1.45. The van der Waals surface area contributed by atoms with Gasteiger partial charge in [-0.2, -0.15) is 0 Å². The molecule has 1 aliphatic rings. The fourth-order valence-electron chi connectivity index (χ4n) is 1.93. The third kappa shape index (κ3) is 2.56. The molecule has 0 atom stereocenters. The highest BCUT2D eigenvalue weighted by atomic mass is 79.9. The summed E-state index contributed by atoms with van der Waals surface area (Å²) < 4.78 is 37.3. The van der Waals surface area contributed by atoms with Crippen molar-refractivity contribution < 1.29 is 18.3 Å². The van der Waals surface area contributed by atoms with Gasteiger partial charge in [0.25, 0.3) is 0 Å². The second-order valence-electron chi connectivity index (χ2n) is 4.29. The summed E-state index contributed by atoms with van der Waals surface area (Å²) in [6.07, 6.45) is 0. The van der Waals surface area contributed by atoms with Gasteiger partial charge in [-0.15, -0.1) is 0 Å². The quantitative estimate of drug-likeness (QED) is 0.912. The smallest absolute Gasteiger partial charge is 0.231 e. The molecule has 0 saturated carbocycles. The zero-order chi connectivity index (χ0) is 14.1. The summed E-state index contributed by atoms with van der Waals surface area (Å²) in [7, 11) is 0. The van der Waals surface area contributed by atoms with E-state index in [-0.39, 0.29) is 6.79 Å². The predicted molar refractivity (Wildman–Crippen MR) is 73.9 cm³/mol. The largest absolute Gasteiger partial charge is 0.454 e. The van der Waals surface area contributed by atoms with Crippen molar-refractivity contribution in [3.63, 3.8) is 0 Å². The van der Waals surface area contributed by atoms with Gasteiger partial charge in [0.05, 0.1) is 4.47 Å². The molecule has 3 nitrogen and oxygen atoms in total. The number of benzene rings is 2. The van der Waals surface area contributed by atoms with Crippen LogP contribution in [0.1, 0.15) is 5.56 Å². The van der Waals surface area contributed by atoms with Crippen molar-refractivity contribution in [2.24, 2.45) is 0 Å². The van der Waals surface area contributed by atoms with E-state index in [4.69, 9.17) is 9.47 Å². The number of halogens is 3. The molecule has 0 unspecified atom stereocenters. The van der Waals surface area contributed by atoms with Gasteiger partial charge in [0, 0.05) is 18.3 Å². The van der Waals surface area contributed by atoms with Gasteiger partial charge in [0.1, 0.15) is 0 Å². The number of rotatable bonds is 3. The Morgan fingerprint density at radius 1 is 1.10 bits per heavy atom. The molecule has 6 heteroatoms. The van der Waals surface area contributed by atoms with Crippen LogP contribution in [0.2, 0.25) is 0 Å². The maximum atomic E-state index is 13.1. The van der Waals surface area contributed by atoms with E-state index in [1.165, 1.54) is 6.07 Å². The van der Waals surface area contributed by atoms with Gasteiger partial charge in [-0.25, -0.2) is 8.78 Å². The molecule has 0 aromatic heterocycles. The third-order valence-electron chi connectivity index (χ3n) is 2.90. The highest BCUT2D eigenvalue weighted by molar-refractivity contribution is 9.10. The summed E-state index contributed by atoms with van der Waals surface area (Å²) in [5.74, 6) is -0.383. The maximum absolute atomic E-state index is 13.1. The number of fused-ring (bicyclic) bond motifs is 1. The van der Waals surface area contributed by atoms with Crippen LogP contribution in [0.15, 0.2) is 34.8 Å². The Labute approximate surface area is 122 Å². The first kappa shape index (κ1) is 13.2. The highest BCUT2D eigenvalue weighted by Crippen LogP contribution is 2.40. The first-order chi connectivity index (χ1) is 9.63. The van der Waals surface area contributed by atoms with Crippen LogP contribution < -0.4 is 14.8 Å². The Bertz CT molecular complexity index is 664. The molecule has 0 bridgehead atoms. The summed E-state index contributed by atoms with van der Waals surface area (Å²) >= 11 is 3.40. The van der Waals surface area contributed by atoms with Gasteiger partial charge in [0.15, 0.2) is 23.1 Å². The van der Waals surface area contributed by atoms with Crippen LogP contribution in [-0.4, -0.2) is 6.79 Å². The number of ether oxygens (including phenoxy) is 2. The monoisotopic (exact) mass is 341 g/mol. The summed E-state index contributed by atoms with van der Waals surface area (Å²) in [5, 5.41) is 3.02. The third-order valence-corrected chi connectivity index (χ3v) is 3.49. The Balaban J connectivity index is 1.75. The van der Waals surface area contributed by atoms with Gasteiger partial charge in [-0.3, -0.25) is 0 Å². The minimum atomic E-state index is -0.873. The predicted octanol–water partition coefficient (Wildman–Crippen LogP) is 4.07. The highest BCUT2D eigenvalue weighted by Gasteiger charge is 2.17. The van der Waals surface area contributed by atoms with E-state index in [0.29, 0.717) is 23.7 Å². The van der Waals surface area contributed by atoms with Crippen molar-refractivity contribution in [2.45, 2.75) is 6.54 Å². The minimum Gasteiger partial charge on any atom is -0.454 e. The van der Waals surface area contributed by atoms with Crippen molar-refractivity contribution in [3.8, 4) is 11.5 Å². The zero-order valence-corrected chi connectivity index (χ0v) is 11.8. The van der Waals surface area contributed by atoms with Gasteiger partial charge < -0.3 is 14.8 Å². The van der Waals surface area contributed by atoms with Gasteiger partial charge in [-0.05, 0) is 45.8 Å². The average Bonchev–Trinajstić information content (AvgIpc) is 2.89. The molecule has 3 rings (SSSR count). The number of anilines is 1. The molecule has 1 N–H and O–H groups in total. The lowest BCUT2D eigenvalue weighted by Crippen LogP contribution is -2.00. The van der Waals surface area contributed by atoms with Crippen LogP contribution in [0, 0.1) is 11.6 Å². The standard InChI is InChI=1S/C14H10BrF2NO2/c15-10-3-8(4-13-14(10)20-7-19-13)6-18-9-1-2-11(16)12(17)5-9/h1-5,18H,6-7H2. The van der Waals surface area contributed by atoms with E-state index >= 15 is 0 Å². The molecular formula is C14H10BrF2NO2. The Kier molecular flexibility index (Phi) is 3.48. The fourth-order valence-corrected chi connectivity index (χ4v) is 2.54. The number of nitrogens with one attached hydrogen (secondary N) is 1. The molecule has 0 saturated heterocycles. The van der Waals surface area contributed by atoms with Crippen molar-refractivity contribution in [2.75, 3.05) is 12.1 Å². The molecule has 0 spiro atoms. The van der Waals surface area contributed by atoms with Crippen molar-refractivity contribution in [1.29, 1.82) is 0 Å². The molecule has 2 aromatic carbocycles. The first-order valence-electron chi connectivity index (χ1n) is 5.90. The van der Waals surface area contributed by atoms with Crippen molar-refractivity contribution >= 4 is 21.6 Å². The second kappa shape index (κ2) is 5.28. The van der Waals surface area contributed by atoms with Gasteiger partial charge in [-0.1, -0.05) is 0 Å². The average molecular weight is 342 g/mol. The van der Waals surface area contributed by atoms with Crippen molar-refractivity contribution in [1.82, 2.24) is 0 Å². The lowest BCUT2D eigenvalue weighted by Gasteiger charge is -2.08. The zero-order valence-electron chi connectivity index (χ0n) is 10.3. The Morgan fingerprint density at radius 3 is 2.75 bits per heavy atom. The summed E-state index contributed by atoms with van der Waals surface area (Å²) in [6, 6.07) is 7.44. The lowest BCUT2D eigenvalue weighted by atomic mass is 10.2. The molecule has 2 aromatic rings. The summed E-state index contributed by atoms with van der Waals surface area (Å²) in [6.45, 7) is 0.661. The molecule has 1 heterocycles. The topological polar surface area (TPSA) is 30.5 Å². The molecule has 104 valence electrons. The fraction of sp³-hybridized carbons (Fsp3) is 0.143. The molecule has 20 heavy (non-hydrogen) atoms. The van der Waals surface area contributed by atoms with E-state index in [1.54, 1.807) is 0 Å². The van der Waals surface area contributed by atoms with Crippen LogP contribution in [0.4, 0.5) is 14.5 Å². The lowest BCUT2D eigenvalue weighted by molar-refractivity contribution is 0.173. The Morgan fingerprint density at radius 2 is 1.95 bits per heavy atom. The SMILES string of the molecule is Fc1ccc(NCc2cc(Br)c3c(c2)OCO3)cc1F. The maximum Gasteiger partial charge on any atom is 0.231 e. The van der Waals surface area contributed by atoms with Crippen LogP contribution in [0.3, 0.4) is 0 Å². The summed E-state index contributed by atoms with van der Waals surface area (Å²) in [4.78, 5) is 0.